The Morgan fingerprint density at radius 2 is 2.21 bits per heavy atom. The first-order valence-electron chi connectivity index (χ1n) is 4.63. The maximum Gasteiger partial charge on any atom is 0.216 e. The maximum absolute atomic E-state index is 6.12. The molecule has 1 aromatic rings. The highest BCUT2D eigenvalue weighted by atomic mass is 35.5. The van der Waals surface area contributed by atoms with Crippen LogP contribution in [0.2, 0.25) is 0 Å². The lowest BCUT2D eigenvalue weighted by molar-refractivity contribution is 0.394. The molecule has 1 unspecified atom stereocenters. The van der Waals surface area contributed by atoms with Crippen molar-refractivity contribution in [3.05, 3.63) is 18.1 Å². The van der Waals surface area contributed by atoms with E-state index >= 15 is 0 Å². The van der Waals surface area contributed by atoms with Crippen LogP contribution >= 0.6 is 11.6 Å². The van der Waals surface area contributed by atoms with E-state index in [1.807, 2.05) is 0 Å². The number of hydrogen-bond donors (Lipinski definition) is 0. The van der Waals surface area contributed by atoms with Crippen LogP contribution in [0.25, 0.3) is 0 Å². The summed E-state index contributed by atoms with van der Waals surface area (Å²) in [4.78, 5) is 8.33. The molecule has 0 N–H and O–H groups in total. The second-order valence-electron chi connectivity index (χ2n) is 3.48. The number of alkyl halides is 1. The minimum atomic E-state index is 0.0714. The van der Waals surface area contributed by atoms with E-state index in [0.29, 0.717) is 18.2 Å². The zero-order chi connectivity index (χ0) is 10.6. The van der Waals surface area contributed by atoms with Gasteiger partial charge in [-0.1, -0.05) is 13.8 Å². The van der Waals surface area contributed by atoms with Gasteiger partial charge in [-0.3, -0.25) is 0 Å². The summed E-state index contributed by atoms with van der Waals surface area (Å²) < 4.78 is 5.00. The molecule has 4 heteroatoms. The van der Waals surface area contributed by atoms with Gasteiger partial charge in [0, 0.05) is 24.1 Å². The van der Waals surface area contributed by atoms with E-state index in [1.165, 1.54) is 0 Å². The van der Waals surface area contributed by atoms with Crippen LogP contribution in [0.15, 0.2) is 12.3 Å². The summed E-state index contributed by atoms with van der Waals surface area (Å²) in [6, 6.07) is 1.72. The lowest BCUT2D eigenvalue weighted by Gasteiger charge is -2.11. The summed E-state index contributed by atoms with van der Waals surface area (Å²) in [6.45, 7) is 4.16. The number of rotatable bonds is 4. The van der Waals surface area contributed by atoms with Gasteiger partial charge >= 0.3 is 0 Å². The summed E-state index contributed by atoms with van der Waals surface area (Å²) in [7, 11) is 1.59. The quantitative estimate of drug-likeness (QED) is 0.722. The van der Waals surface area contributed by atoms with E-state index in [-0.39, 0.29) is 5.38 Å². The number of hydrogen-bond acceptors (Lipinski definition) is 3. The Morgan fingerprint density at radius 3 is 2.79 bits per heavy atom. The summed E-state index contributed by atoms with van der Waals surface area (Å²) in [5, 5.41) is 0.0714. The van der Waals surface area contributed by atoms with Crippen LogP contribution in [0, 0.1) is 5.92 Å². The van der Waals surface area contributed by atoms with Crippen molar-refractivity contribution in [3.63, 3.8) is 0 Å². The highest BCUT2D eigenvalue weighted by Gasteiger charge is 2.12. The number of aromatic nitrogens is 2. The van der Waals surface area contributed by atoms with Gasteiger partial charge in [0.2, 0.25) is 5.88 Å². The van der Waals surface area contributed by atoms with Crippen molar-refractivity contribution in [2.75, 3.05) is 7.11 Å². The van der Waals surface area contributed by atoms with Crippen molar-refractivity contribution in [2.45, 2.75) is 25.6 Å². The van der Waals surface area contributed by atoms with Gasteiger partial charge in [0.25, 0.3) is 0 Å². The molecule has 1 rings (SSSR count). The Hall–Kier alpha value is -0.830. The molecule has 1 heterocycles. The van der Waals surface area contributed by atoms with Crippen molar-refractivity contribution in [2.24, 2.45) is 5.92 Å². The molecule has 0 bridgehead atoms. The van der Waals surface area contributed by atoms with Gasteiger partial charge in [0.1, 0.15) is 5.82 Å². The van der Waals surface area contributed by atoms with Gasteiger partial charge in [-0.25, -0.2) is 4.98 Å². The normalized spacial score (nSPS) is 12.9. The molecule has 0 aliphatic rings. The van der Waals surface area contributed by atoms with Crippen LogP contribution in [0.5, 0.6) is 5.88 Å². The number of nitrogens with zero attached hydrogens (tertiary/aromatic N) is 2. The van der Waals surface area contributed by atoms with Crippen LogP contribution < -0.4 is 4.74 Å². The van der Waals surface area contributed by atoms with Crippen molar-refractivity contribution in [1.29, 1.82) is 0 Å². The smallest absolute Gasteiger partial charge is 0.216 e. The molecule has 1 atom stereocenters. The van der Waals surface area contributed by atoms with Crippen molar-refractivity contribution in [1.82, 2.24) is 9.97 Å². The average molecular weight is 215 g/mol. The first kappa shape index (κ1) is 11.2. The molecular formula is C10H15ClN2O. The maximum atomic E-state index is 6.12. The lowest BCUT2D eigenvalue weighted by atomic mass is 10.1. The summed E-state index contributed by atoms with van der Waals surface area (Å²) in [5.74, 6) is 1.74. The molecule has 0 spiro atoms. The number of methoxy groups -OCH3 is 1. The summed E-state index contributed by atoms with van der Waals surface area (Å²) >= 11 is 6.12. The molecule has 0 saturated heterocycles. The zero-order valence-electron chi connectivity index (χ0n) is 8.70. The average Bonchev–Trinajstić information content (AvgIpc) is 2.18. The second kappa shape index (κ2) is 5.15. The molecule has 0 radical (unpaired) electrons. The standard InChI is InChI=1S/C10H15ClN2O/c1-7(2)8(11)6-9-12-5-4-10(13-9)14-3/h4-5,7-8H,6H2,1-3H3. The van der Waals surface area contributed by atoms with Crippen LogP contribution in [0.3, 0.4) is 0 Å². The highest BCUT2D eigenvalue weighted by Crippen LogP contribution is 2.14. The fourth-order valence-electron chi connectivity index (χ4n) is 1.00. The van der Waals surface area contributed by atoms with E-state index in [2.05, 4.69) is 23.8 Å². The van der Waals surface area contributed by atoms with Crippen LogP contribution in [0.4, 0.5) is 0 Å². The molecular weight excluding hydrogens is 200 g/mol. The fraction of sp³-hybridized carbons (Fsp3) is 0.600. The third-order valence-corrected chi connectivity index (χ3v) is 2.65. The minimum Gasteiger partial charge on any atom is -0.481 e. The second-order valence-corrected chi connectivity index (χ2v) is 4.04. The Labute approximate surface area is 89.5 Å². The molecule has 0 amide bonds. The van der Waals surface area contributed by atoms with Crippen molar-refractivity contribution >= 4 is 11.6 Å². The van der Waals surface area contributed by atoms with Crippen LogP contribution in [-0.2, 0) is 6.42 Å². The third kappa shape index (κ3) is 3.14. The first-order chi connectivity index (χ1) is 6.63. The van der Waals surface area contributed by atoms with Gasteiger partial charge < -0.3 is 4.74 Å². The van der Waals surface area contributed by atoms with Gasteiger partial charge in [-0.15, -0.1) is 11.6 Å². The van der Waals surface area contributed by atoms with Crippen LogP contribution in [0.1, 0.15) is 19.7 Å². The summed E-state index contributed by atoms with van der Waals surface area (Å²) in [5.41, 5.74) is 0. The Morgan fingerprint density at radius 1 is 1.50 bits per heavy atom. The molecule has 0 aromatic carbocycles. The molecule has 14 heavy (non-hydrogen) atoms. The molecule has 78 valence electrons. The molecule has 0 aliphatic carbocycles. The topological polar surface area (TPSA) is 35.0 Å². The number of ether oxygens (including phenoxy) is 1. The van der Waals surface area contributed by atoms with Crippen LogP contribution in [-0.4, -0.2) is 22.5 Å². The fourth-order valence-corrected chi connectivity index (χ4v) is 1.14. The predicted molar refractivity (Wildman–Crippen MR) is 56.8 cm³/mol. The Kier molecular flexibility index (Phi) is 4.14. The third-order valence-electron chi connectivity index (χ3n) is 1.99. The summed E-state index contributed by atoms with van der Waals surface area (Å²) in [6.07, 6.45) is 2.36. The van der Waals surface area contributed by atoms with E-state index in [4.69, 9.17) is 16.3 Å². The SMILES string of the molecule is COc1ccnc(CC(Cl)C(C)C)n1. The van der Waals surface area contributed by atoms with Gasteiger partial charge in [0.05, 0.1) is 7.11 Å². The van der Waals surface area contributed by atoms with Crippen molar-refractivity contribution in [3.8, 4) is 5.88 Å². The molecule has 0 fully saturated rings. The Balaban J connectivity index is 2.66. The largest absolute Gasteiger partial charge is 0.481 e. The van der Waals surface area contributed by atoms with E-state index in [9.17, 15) is 0 Å². The van der Waals surface area contributed by atoms with Gasteiger partial charge in [0.15, 0.2) is 0 Å². The van der Waals surface area contributed by atoms with Crippen molar-refractivity contribution < 1.29 is 4.74 Å². The van der Waals surface area contributed by atoms with E-state index < -0.39 is 0 Å². The zero-order valence-corrected chi connectivity index (χ0v) is 9.45. The number of halogens is 1. The molecule has 0 saturated carbocycles. The molecule has 3 nitrogen and oxygen atoms in total. The lowest BCUT2D eigenvalue weighted by Crippen LogP contribution is -2.13. The highest BCUT2D eigenvalue weighted by molar-refractivity contribution is 6.20. The Bertz CT molecular complexity index is 291. The predicted octanol–water partition coefficient (Wildman–Crippen LogP) is 2.29. The van der Waals surface area contributed by atoms with Gasteiger partial charge in [-0.2, -0.15) is 4.98 Å². The first-order valence-corrected chi connectivity index (χ1v) is 5.07. The van der Waals surface area contributed by atoms with Gasteiger partial charge in [-0.05, 0) is 5.92 Å². The van der Waals surface area contributed by atoms with E-state index in [1.54, 1.807) is 19.4 Å². The van der Waals surface area contributed by atoms with E-state index in [0.717, 1.165) is 5.82 Å². The molecule has 0 aliphatic heterocycles. The minimum absolute atomic E-state index is 0.0714. The monoisotopic (exact) mass is 214 g/mol. The molecule has 1 aromatic heterocycles.